The van der Waals surface area contributed by atoms with Crippen LogP contribution in [0.15, 0.2) is 90.1 Å². The van der Waals surface area contributed by atoms with Gasteiger partial charge in [-0.05, 0) is 59.3 Å². The Bertz CT molecular complexity index is 1500. The van der Waals surface area contributed by atoms with Crippen molar-refractivity contribution in [1.29, 1.82) is 0 Å². The zero-order chi connectivity index (χ0) is 24.9. The number of rotatable bonds is 8. The van der Waals surface area contributed by atoms with E-state index in [0.29, 0.717) is 34.2 Å². The molecule has 0 aliphatic rings. The molecule has 3 aromatic carbocycles. The van der Waals surface area contributed by atoms with E-state index in [9.17, 15) is 9.18 Å². The first-order chi connectivity index (χ1) is 17.6. The van der Waals surface area contributed by atoms with E-state index in [-0.39, 0.29) is 18.3 Å². The van der Waals surface area contributed by atoms with Crippen LogP contribution in [0.25, 0.3) is 11.4 Å². The summed E-state index contributed by atoms with van der Waals surface area (Å²) >= 11 is 1.47. The summed E-state index contributed by atoms with van der Waals surface area (Å²) in [5, 5.41) is 14.9. The van der Waals surface area contributed by atoms with Crippen LogP contribution in [0.1, 0.15) is 27.6 Å². The Kier molecular flexibility index (Phi) is 6.85. The molecule has 180 valence electrons. The number of benzene rings is 3. The van der Waals surface area contributed by atoms with Crippen molar-refractivity contribution in [3.05, 3.63) is 114 Å². The van der Waals surface area contributed by atoms with Gasteiger partial charge in [-0.1, -0.05) is 36.4 Å². The van der Waals surface area contributed by atoms with Gasteiger partial charge in [0.1, 0.15) is 11.6 Å². The van der Waals surface area contributed by atoms with Gasteiger partial charge in [-0.15, -0.1) is 16.9 Å². The van der Waals surface area contributed by atoms with Crippen molar-refractivity contribution >= 4 is 17.7 Å². The van der Waals surface area contributed by atoms with Gasteiger partial charge in [-0.3, -0.25) is 4.79 Å². The third-order valence-corrected chi connectivity index (χ3v) is 6.64. The molecule has 2 aromatic heterocycles. The smallest absolute Gasteiger partial charge is 0.252 e. The number of aryl methyl sites for hydroxylation is 1. The molecule has 0 atom stereocenters. The van der Waals surface area contributed by atoms with Gasteiger partial charge < -0.3 is 9.88 Å². The molecule has 5 aromatic rings. The molecule has 0 saturated heterocycles. The maximum Gasteiger partial charge on any atom is 0.252 e. The molecule has 2 heterocycles. The lowest BCUT2D eigenvalue weighted by Gasteiger charge is -2.11. The van der Waals surface area contributed by atoms with Gasteiger partial charge in [-0.2, -0.15) is 4.68 Å². The fourth-order valence-electron chi connectivity index (χ4n) is 3.75. The second kappa shape index (κ2) is 10.5. The number of nitrogens with zero attached hydrogens (tertiary/aromatic N) is 6. The van der Waals surface area contributed by atoms with E-state index in [4.69, 9.17) is 0 Å². The number of nitrogens with one attached hydrogen (secondary N) is 1. The number of halogens is 1. The Morgan fingerprint density at radius 2 is 1.86 bits per heavy atom. The molecule has 10 heteroatoms. The molecule has 0 bridgehead atoms. The van der Waals surface area contributed by atoms with Gasteiger partial charge in [0, 0.05) is 23.8 Å². The summed E-state index contributed by atoms with van der Waals surface area (Å²) in [5.41, 5.74) is 2.48. The van der Waals surface area contributed by atoms with Crippen LogP contribution in [0.4, 0.5) is 4.39 Å². The number of tetrazole rings is 1. The molecule has 8 nitrogen and oxygen atoms in total. The molecule has 0 aliphatic heterocycles. The molecule has 0 unspecified atom stereocenters. The first kappa shape index (κ1) is 23.4. The zero-order valence-electron chi connectivity index (χ0n) is 19.4. The quantitative estimate of drug-likeness (QED) is 0.316. The van der Waals surface area contributed by atoms with E-state index in [1.165, 1.54) is 17.8 Å². The van der Waals surface area contributed by atoms with Gasteiger partial charge in [-0.25, -0.2) is 9.37 Å². The molecule has 5 rings (SSSR count). The maximum atomic E-state index is 14.7. The summed E-state index contributed by atoms with van der Waals surface area (Å²) in [4.78, 5) is 17.9. The molecular weight excluding hydrogens is 477 g/mol. The normalized spacial score (nSPS) is 10.9. The number of hydrogen-bond donors (Lipinski definition) is 1. The second-order valence-corrected chi connectivity index (χ2v) is 8.96. The Labute approximate surface area is 211 Å². The van der Waals surface area contributed by atoms with Crippen LogP contribution in [-0.2, 0) is 12.3 Å². The lowest BCUT2D eigenvalue weighted by Crippen LogP contribution is -2.23. The second-order valence-electron chi connectivity index (χ2n) is 7.94. The number of carbonyl (C=O) groups is 1. The van der Waals surface area contributed by atoms with Crippen LogP contribution in [0.5, 0.6) is 0 Å². The minimum Gasteiger partial charge on any atom is -0.348 e. The highest BCUT2D eigenvalue weighted by Gasteiger charge is 2.15. The number of thioether (sulfide) groups is 1. The third-order valence-electron chi connectivity index (χ3n) is 5.57. The number of amides is 1. The highest BCUT2D eigenvalue weighted by molar-refractivity contribution is 7.98. The fourth-order valence-corrected chi connectivity index (χ4v) is 4.71. The van der Waals surface area contributed by atoms with Crippen molar-refractivity contribution in [3.8, 4) is 11.4 Å². The molecule has 0 radical (unpaired) electrons. The first-order valence-corrected chi connectivity index (χ1v) is 12.2. The van der Waals surface area contributed by atoms with E-state index >= 15 is 0 Å². The summed E-state index contributed by atoms with van der Waals surface area (Å²) < 4.78 is 18.1. The van der Waals surface area contributed by atoms with Crippen molar-refractivity contribution in [2.45, 2.75) is 24.1 Å². The Balaban J connectivity index is 1.26. The van der Waals surface area contributed by atoms with E-state index in [2.05, 4.69) is 25.8 Å². The van der Waals surface area contributed by atoms with Crippen LogP contribution < -0.4 is 5.32 Å². The molecule has 1 amide bonds. The molecule has 0 fully saturated rings. The lowest BCUT2D eigenvalue weighted by molar-refractivity contribution is 0.0948. The van der Waals surface area contributed by atoms with Crippen LogP contribution in [-0.4, -0.2) is 35.7 Å². The van der Waals surface area contributed by atoms with Crippen molar-refractivity contribution in [2.75, 3.05) is 0 Å². The monoisotopic (exact) mass is 499 g/mol. The van der Waals surface area contributed by atoms with Crippen molar-refractivity contribution in [1.82, 2.24) is 35.1 Å². The molecule has 36 heavy (non-hydrogen) atoms. The van der Waals surface area contributed by atoms with Crippen molar-refractivity contribution in [2.24, 2.45) is 0 Å². The van der Waals surface area contributed by atoms with Crippen LogP contribution >= 0.6 is 11.8 Å². The Morgan fingerprint density at radius 3 is 2.64 bits per heavy atom. The Morgan fingerprint density at radius 1 is 1.06 bits per heavy atom. The summed E-state index contributed by atoms with van der Waals surface area (Å²) in [6.45, 7) is 2.01. The average Bonchev–Trinajstić information content (AvgIpc) is 3.56. The molecular formula is C26H22FN7OS. The minimum absolute atomic E-state index is 0.199. The summed E-state index contributed by atoms with van der Waals surface area (Å²) in [6, 6.07) is 21.9. The van der Waals surface area contributed by atoms with Crippen molar-refractivity contribution < 1.29 is 9.18 Å². The van der Waals surface area contributed by atoms with E-state index in [0.717, 1.165) is 10.6 Å². The van der Waals surface area contributed by atoms with Crippen LogP contribution in [0, 0.1) is 12.7 Å². The van der Waals surface area contributed by atoms with Gasteiger partial charge in [0.25, 0.3) is 5.91 Å². The van der Waals surface area contributed by atoms with Gasteiger partial charge in [0.05, 0.1) is 22.7 Å². The first-order valence-electron chi connectivity index (χ1n) is 11.2. The number of aromatic nitrogens is 6. The predicted octanol–water partition coefficient (Wildman–Crippen LogP) is 4.52. The van der Waals surface area contributed by atoms with Crippen LogP contribution in [0.2, 0.25) is 0 Å². The SMILES string of the molecule is Cc1nccn1-c1ccc(CNC(=O)c2ccccc2SCc2nnnn2-c2ccccc2)cc1F. The van der Waals surface area contributed by atoms with Gasteiger partial charge in [0.2, 0.25) is 0 Å². The zero-order valence-corrected chi connectivity index (χ0v) is 20.2. The van der Waals surface area contributed by atoms with E-state index < -0.39 is 0 Å². The Hall–Kier alpha value is -4.31. The molecule has 0 aliphatic carbocycles. The average molecular weight is 500 g/mol. The summed E-state index contributed by atoms with van der Waals surface area (Å²) in [5.74, 6) is 1.23. The van der Waals surface area contributed by atoms with Crippen molar-refractivity contribution in [3.63, 3.8) is 0 Å². The summed E-state index contributed by atoms with van der Waals surface area (Å²) in [7, 11) is 0. The number of carbonyl (C=O) groups excluding carboxylic acids is 1. The standard InChI is InChI=1S/C26H22FN7OS/c1-18-28-13-14-33(18)23-12-11-19(15-22(23)27)16-29-26(35)21-9-5-6-10-24(21)36-17-25-30-31-32-34(25)20-7-3-2-4-8-20/h2-15H,16-17H2,1H3,(H,29,35). The lowest BCUT2D eigenvalue weighted by atomic mass is 10.1. The van der Waals surface area contributed by atoms with E-state index in [1.54, 1.807) is 39.8 Å². The number of hydrogen-bond acceptors (Lipinski definition) is 6. The maximum absolute atomic E-state index is 14.7. The largest absolute Gasteiger partial charge is 0.348 e. The molecule has 0 spiro atoms. The fraction of sp³-hybridized carbons (Fsp3) is 0.115. The summed E-state index contributed by atoms with van der Waals surface area (Å²) in [6.07, 6.45) is 3.34. The number of para-hydroxylation sites is 1. The topological polar surface area (TPSA) is 90.5 Å². The predicted molar refractivity (Wildman–Crippen MR) is 135 cm³/mol. The third kappa shape index (κ3) is 5.03. The highest BCUT2D eigenvalue weighted by Crippen LogP contribution is 2.26. The minimum atomic E-state index is -0.380. The van der Waals surface area contributed by atoms with Gasteiger partial charge >= 0.3 is 0 Å². The highest BCUT2D eigenvalue weighted by atomic mass is 32.2. The van der Waals surface area contributed by atoms with Gasteiger partial charge in [0.15, 0.2) is 5.82 Å². The van der Waals surface area contributed by atoms with Crippen LogP contribution in [0.3, 0.4) is 0 Å². The number of imidazole rings is 1. The van der Waals surface area contributed by atoms with E-state index in [1.807, 2.05) is 55.5 Å². The molecule has 1 N–H and O–H groups in total. The molecule has 0 saturated carbocycles.